The summed E-state index contributed by atoms with van der Waals surface area (Å²) in [6.07, 6.45) is 1.72. The zero-order valence-electron chi connectivity index (χ0n) is 11.2. The molecular formula is C13H15ClN2O2S3. The van der Waals surface area contributed by atoms with Crippen LogP contribution in [0.2, 0.25) is 4.34 Å². The molecule has 0 aliphatic carbocycles. The molecule has 2 aromatic rings. The van der Waals surface area contributed by atoms with Crippen molar-refractivity contribution in [3.8, 4) is 9.75 Å². The lowest BCUT2D eigenvalue weighted by Gasteiger charge is -2.21. The minimum Gasteiger partial charge on any atom is -0.329 e. The summed E-state index contributed by atoms with van der Waals surface area (Å²) in [5, 5.41) is 0. The number of thiophene rings is 2. The average Bonchev–Trinajstić information content (AvgIpc) is 3.18. The van der Waals surface area contributed by atoms with Gasteiger partial charge in [0.05, 0.1) is 4.34 Å². The standard InChI is InChI=1S/C13H15ClN2O2S3/c14-12-5-3-10(19-12)11-4-6-13(20-11)21(17,18)16-7-1-2-9(16)8-15/h3-6,9H,1-2,7-8,15H2. The van der Waals surface area contributed by atoms with Crippen LogP contribution in [0.1, 0.15) is 12.8 Å². The fourth-order valence-corrected chi connectivity index (χ4v) is 6.79. The Kier molecular flexibility index (Phi) is 4.40. The summed E-state index contributed by atoms with van der Waals surface area (Å²) < 4.78 is 28.0. The van der Waals surface area contributed by atoms with Gasteiger partial charge in [0.1, 0.15) is 4.21 Å². The first-order valence-corrected chi connectivity index (χ1v) is 10.0. The van der Waals surface area contributed by atoms with Crippen molar-refractivity contribution in [2.24, 2.45) is 5.73 Å². The Hall–Kier alpha value is -0.440. The molecule has 3 heterocycles. The molecule has 1 fully saturated rings. The van der Waals surface area contributed by atoms with Gasteiger partial charge in [-0.3, -0.25) is 0 Å². The van der Waals surface area contributed by atoms with Gasteiger partial charge in [-0.1, -0.05) is 11.6 Å². The van der Waals surface area contributed by atoms with Crippen LogP contribution >= 0.6 is 34.3 Å². The summed E-state index contributed by atoms with van der Waals surface area (Å²) in [5.41, 5.74) is 5.68. The molecule has 0 spiro atoms. The van der Waals surface area contributed by atoms with Crippen molar-refractivity contribution < 1.29 is 8.42 Å². The monoisotopic (exact) mass is 362 g/mol. The molecule has 114 valence electrons. The number of nitrogens with zero attached hydrogens (tertiary/aromatic N) is 1. The molecule has 21 heavy (non-hydrogen) atoms. The van der Waals surface area contributed by atoms with Crippen LogP contribution in [0, 0.1) is 0 Å². The highest BCUT2D eigenvalue weighted by molar-refractivity contribution is 7.91. The lowest BCUT2D eigenvalue weighted by Crippen LogP contribution is -2.39. The van der Waals surface area contributed by atoms with Gasteiger partial charge in [0, 0.05) is 28.9 Å². The Balaban J connectivity index is 1.92. The summed E-state index contributed by atoms with van der Waals surface area (Å²) in [7, 11) is -3.44. The largest absolute Gasteiger partial charge is 0.329 e. The lowest BCUT2D eigenvalue weighted by atomic mass is 10.2. The maximum atomic E-state index is 12.7. The van der Waals surface area contributed by atoms with E-state index in [1.807, 2.05) is 18.2 Å². The topological polar surface area (TPSA) is 63.4 Å². The molecular weight excluding hydrogens is 348 g/mol. The molecule has 0 radical (unpaired) electrons. The molecule has 1 unspecified atom stereocenters. The van der Waals surface area contributed by atoms with E-state index in [1.54, 1.807) is 10.4 Å². The van der Waals surface area contributed by atoms with E-state index in [0.29, 0.717) is 21.6 Å². The van der Waals surface area contributed by atoms with Gasteiger partial charge in [0.2, 0.25) is 0 Å². The highest BCUT2D eigenvalue weighted by atomic mass is 35.5. The van der Waals surface area contributed by atoms with E-state index in [2.05, 4.69) is 0 Å². The Bertz CT molecular complexity index is 738. The highest BCUT2D eigenvalue weighted by Gasteiger charge is 2.35. The molecule has 2 aromatic heterocycles. The second-order valence-electron chi connectivity index (χ2n) is 4.87. The molecule has 8 heteroatoms. The SMILES string of the molecule is NCC1CCCN1S(=O)(=O)c1ccc(-c2ccc(Cl)s2)s1. The van der Waals surface area contributed by atoms with Gasteiger partial charge in [-0.25, -0.2) is 8.42 Å². The van der Waals surface area contributed by atoms with Gasteiger partial charge >= 0.3 is 0 Å². The van der Waals surface area contributed by atoms with Crippen molar-refractivity contribution in [2.45, 2.75) is 23.1 Å². The van der Waals surface area contributed by atoms with Gasteiger partial charge < -0.3 is 5.73 Å². The van der Waals surface area contributed by atoms with Crippen LogP contribution < -0.4 is 5.73 Å². The third kappa shape index (κ3) is 2.91. The first-order valence-electron chi connectivity index (χ1n) is 6.60. The Labute approximate surface area is 137 Å². The molecule has 3 rings (SSSR count). The number of rotatable bonds is 4. The fourth-order valence-electron chi connectivity index (χ4n) is 2.51. The van der Waals surface area contributed by atoms with Crippen molar-refractivity contribution in [1.82, 2.24) is 4.31 Å². The molecule has 1 aliphatic rings. The van der Waals surface area contributed by atoms with E-state index in [0.717, 1.165) is 22.6 Å². The molecule has 0 saturated carbocycles. The number of hydrogen-bond acceptors (Lipinski definition) is 5. The molecule has 1 saturated heterocycles. The van der Waals surface area contributed by atoms with Gasteiger partial charge in [-0.05, 0) is 37.1 Å². The van der Waals surface area contributed by atoms with E-state index in [1.165, 1.54) is 22.7 Å². The molecule has 1 aliphatic heterocycles. The molecule has 0 aromatic carbocycles. The second kappa shape index (κ2) is 5.98. The molecule has 2 N–H and O–H groups in total. The average molecular weight is 363 g/mol. The maximum Gasteiger partial charge on any atom is 0.252 e. The number of sulfonamides is 1. The number of hydrogen-bond donors (Lipinski definition) is 1. The first kappa shape index (κ1) is 15.5. The first-order chi connectivity index (χ1) is 10.0. The van der Waals surface area contributed by atoms with Gasteiger partial charge in [-0.2, -0.15) is 4.31 Å². The fraction of sp³-hybridized carbons (Fsp3) is 0.385. The smallest absolute Gasteiger partial charge is 0.252 e. The predicted molar refractivity (Wildman–Crippen MR) is 88.6 cm³/mol. The van der Waals surface area contributed by atoms with Crippen molar-refractivity contribution in [3.63, 3.8) is 0 Å². The second-order valence-corrected chi connectivity index (χ2v) is 9.79. The summed E-state index contributed by atoms with van der Waals surface area (Å²) in [6, 6.07) is 7.17. The quantitative estimate of drug-likeness (QED) is 0.908. The normalized spacial score (nSPS) is 20.2. The molecule has 0 amide bonds. The Morgan fingerprint density at radius 3 is 2.62 bits per heavy atom. The zero-order valence-corrected chi connectivity index (χ0v) is 14.4. The Morgan fingerprint density at radius 2 is 1.95 bits per heavy atom. The van der Waals surface area contributed by atoms with E-state index in [-0.39, 0.29) is 6.04 Å². The van der Waals surface area contributed by atoms with E-state index < -0.39 is 10.0 Å². The zero-order chi connectivity index (χ0) is 15.0. The third-order valence-electron chi connectivity index (χ3n) is 3.56. The van der Waals surface area contributed by atoms with E-state index in [4.69, 9.17) is 17.3 Å². The van der Waals surface area contributed by atoms with Crippen molar-refractivity contribution >= 4 is 44.3 Å². The van der Waals surface area contributed by atoms with Crippen LogP contribution in [-0.2, 0) is 10.0 Å². The summed E-state index contributed by atoms with van der Waals surface area (Å²) in [4.78, 5) is 1.91. The highest BCUT2D eigenvalue weighted by Crippen LogP contribution is 2.38. The van der Waals surface area contributed by atoms with Crippen molar-refractivity contribution in [1.29, 1.82) is 0 Å². The minimum atomic E-state index is -3.44. The van der Waals surface area contributed by atoms with Crippen molar-refractivity contribution in [3.05, 3.63) is 28.6 Å². The van der Waals surface area contributed by atoms with Gasteiger partial charge in [0.15, 0.2) is 0 Å². The Morgan fingerprint density at radius 1 is 1.24 bits per heavy atom. The van der Waals surface area contributed by atoms with E-state index in [9.17, 15) is 8.42 Å². The van der Waals surface area contributed by atoms with Crippen LogP contribution in [-0.4, -0.2) is 31.9 Å². The van der Waals surface area contributed by atoms with Crippen LogP contribution in [0.3, 0.4) is 0 Å². The third-order valence-corrected chi connectivity index (χ3v) is 8.49. The predicted octanol–water partition coefficient (Wildman–Crippen LogP) is 3.24. The van der Waals surface area contributed by atoms with E-state index >= 15 is 0 Å². The van der Waals surface area contributed by atoms with Crippen LogP contribution in [0.25, 0.3) is 9.75 Å². The molecule has 1 atom stereocenters. The molecule has 4 nitrogen and oxygen atoms in total. The summed E-state index contributed by atoms with van der Waals surface area (Å²) in [5.74, 6) is 0. The van der Waals surface area contributed by atoms with Crippen LogP contribution in [0.5, 0.6) is 0 Å². The minimum absolute atomic E-state index is 0.0725. The van der Waals surface area contributed by atoms with Crippen LogP contribution in [0.15, 0.2) is 28.5 Å². The number of nitrogens with two attached hydrogens (primary N) is 1. The van der Waals surface area contributed by atoms with Gasteiger partial charge in [-0.15, -0.1) is 22.7 Å². The summed E-state index contributed by atoms with van der Waals surface area (Å²) >= 11 is 8.67. The van der Waals surface area contributed by atoms with Crippen molar-refractivity contribution in [2.75, 3.05) is 13.1 Å². The number of halogens is 1. The maximum absolute atomic E-state index is 12.7. The van der Waals surface area contributed by atoms with Gasteiger partial charge in [0.25, 0.3) is 10.0 Å². The molecule has 0 bridgehead atoms. The van der Waals surface area contributed by atoms with Crippen LogP contribution in [0.4, 0.5) is 0 Å². The summed E-state index contributed by atoms with van der Waals surface area (Å²) in [6.45, 7) is 0.931. The lowest BCUT2D eigenvalue weighted by molar-refractivity contribution is 0.394.